The van der Waals surface area contributed by atoms with Crippen molar-refractivity contribution in [2.45, 2.75) is 39.2 Å². The van der Waals surface area contributed by atoms with E-state index < -0.39 is 0 Å². The number of hydrogen-bond acceptors (Lipinski definition) is 5. The Labute approximate surface area is 154 Å². The van der Waals surface area contributed by atoms with Crippen LogP contribution < -0.4 is 10.6 Å². The Morgan fingerprint density at radius 2 is 1.92 bits per heavy atom. The summed E-state index contributed by atoms with van der Waals surface area (Å²) in [5.74, 6) is 0.819. The molecule has 142 valence electrons. The van der Waals surface area contributed by atoms with Gasteiger partial charge in [0.05, 0.1) is 4.92 Å². The van der Waals surface area contributed by atoms with E-state index in [1.807, 2.05) is 0 Å². The number of nitrogens with two attached hydrogens (primary N) is 1. The van der Waals surface area contributed by atoms with E-state index in [1.165, 1.54) is 6.07 Å². The lowest BCUT2D eigenvalue weighted by atomic mass is 9.91. The number of carbonyl (C=O) groups is 1. The third-order valence-electron chi connectivity index (χ3n) is 5.37. The quantitative estimate of drug-likeness (QED) is 0.661. The summed E-state index contributed by atoms with van der Waals surface area (Å²) < 4.78 is 0. The molecule has 2 aliphatic rings. The number of rotatable bonds is 3. The third-order valence-corrected chi connectivity index (χ3v) is 5.37. The molecule has 2 saturated heterocycles. The average molecular weight is 360 g/mol. The van der Waals surface area contributed by atoms with Gasteiger partial charge < -0.3 is 15.5 Å². The molecule has 1 aromatic rings. The topological polar surface area (TPSA) is 92.7 Å². The van der Waals surface area contributed by atoms with Crippen LogP contribution in [0.2, 0.25) is 0 Å². The van der Waals surface area contributed by atoms with Gasteiger partial charge in [-0.25, -0.2) is 0 Å². The van der Waals surface area contributed by atoms with Crippen LogP contribution >= 0.6 is 0 Å². The molecule has 26 heavy (non-hydrogen) atoms. The lowest BCUT2D eigenvalue weighted by molar-refractivity contribution is -0.384. The fraction of sp³-hybridized carbons (Fsp3) is 0.632. The van der Waals surface area contributed by atoms with Crippen LogP contribution in [0.5, 0.6) is 0 Å². The molecule has 0 aliphatic carbocycles. The van der Waals surface area contributed by atoms with Gasteiger partial charge in [-0.2, -0.15) is 0 Å². The number of benzene rings is 1. The maximum atomic E-state index is 12.7. The minimum Gasteiger partial charge on any atom is -0.365 e. The summed E-state index contributed by atoms with van der Waals surface area (Å²) in [6.45, 7) is 7.12. The normalized spacial score (nSPS) is 26.7. The van der Waals surface area contributed by atoms with Gasteiger partial charge in [0.25, 0.3) is 11.6 Å². The standard InChI is InChI=1S/C19H28N4O3/c1-13-8-14(2)11-22(10-13)17-6-5-15(9-18(17)23(25)26)19(24)21-7-3-4-16(20)12-21/h5-6,9,13-14,16H,3-4,7-8,10-12,20H2,1-2H3. The van der Waals surface area contributed by atoms with E-state index >= 15 is 0 Å². The Hall–Kier alpha value is -2.15. The first-order valence-electron chi connectivity index (χ1n) is 9.43. The number of piperidine rings is 2. The van der Waals surface area contributed by atoms with Crippen molar-refractivity contribution in [2.24, 2.45) is 17.6 Å². The number of nitro groups is 1. The zero-order valence-corrected chi connectivity index (χ0v) is 15.6. The molecule has 1 aromatic carbocycles. The second kappa shape index (κ2) is 7.61. The van der Waals surface area contributed by atoms with Crippen molar-refractivity contribution in [1.29, 1.82) is 0 Å². The van der Waals surface area contributed by atoms with E-state index in [-0.39, 0.29) is 22.6 Å². The number of hydrogen-bond donors (Lipinski definition) is 1. The first-order chi connectivity index (χ1) is 12.3. The molecular formula is C19H28N4O3. The lowest BCUT2D eigenvalue weighted by Crippen LogP contribution is -2.45. The predicted octanol–water partition coefficient (Wildman–Crippen LogP) is 2.64. The Morgan fingerprint density at radius 3 is 2.54 bits per heavy atom. The summed E-state index contributed by atoms with van der Waals surface area (Å²) in [7, 11) is 0. The molecule has 3 atom stereocenters. The predicted molar refractivity (Wildman–Crippen MR) is 101 cm³/mol. The first-order valence-corrected chi connectivity index (χ1v) is 9.43. The van der Waals surface area contributed by atoms with Gasteiger partial charge >= 0.3 is 0 Å². The zero-order valence-electron chi connectivity index (χ0n) is 15.6. The van der Waals surface area contributed by atoms with Crippen molar-refractivity contribution < 1.29 is 9.72 Å². The fourth-order valence-electron chi connectivity index (χ4n) is 4.31. The number of nitro benzene ring substituents is 1. The van der Waals surface area contributed by atoms with Gasteiger partial charge in [0.1, 0.15) is 5.69 Å². The van der Waals surface area contributed by atoms with E-state index in [0.717, 1.165) is 32.4 Å². The number of nitrogens with zero attached hydrogens (tertiary/aromatic N) is 3. The highest BCUT2D eigenvalue weighted by Crippen LogP contribution is 2.34. The van der Waals surface area contributed by atoms with Gasteiger partial charge in [-0.1, -0.05) is 13.8 Å². The van der Waals surface area contributed by atoms with Crippen molar-refractivity contribution in [1.82, 2.24) is 4.90 Å². The molecular weight excluding hydrogens is 332 g/mol. The molecule has 0 bridgehead atoms. The minimum atomic E-state index is -0.377. The Bertz CT molecular complexity index is 683. The van der Waals surface area contributed by atoms with E-state index in [9.17, 15) is 14.9 Å². The minimum absolute atomic E-state index is 0.0125. The molecule has 0 radical (unpaired) electrons. The Morgan fingerprint density at radius 1 is 1.23 bits per heavy atom. The smallest absolute Gasteiger partial charge is 0.293 e. The molecule has 2 N–H and O–H groups in total. The molecule has 7 heteroatoms. The summed E-state index contributed by atoms with van der Waals surface area (Å²) >= 11 is 0. The van der Waals surface area contributed by atoms with Gasteiger partial charge in [-0.05, 0) is 43.2 Å². The van der Waals surface area contributed by atoms with Crippen LogP contribution in [0, 0.1) is 22.0 Å². The summed E-state index contributed by atoms with van der Waals surface area (Å²) in [4.78, 5) is 27.8. The molecule has 2 heterocycles. The van der Waals surface area contributed by atoms with Crippen LogP contribution in [0.15, 0.2) is 18.2 Å². The van der Waals surface area contributed by atoms with Crippen molar-refractivity contribution in [3.63, 3.8) is 0 Å². The van der Waals surface area contributed by atoms with Gasteiger partial charge in [0.15, 0.2) is 0 Å². The van der Waals surface area contributed by atoms with Crippen LogP contribution in [0.3, 0.4) is 0 Å². The highest BCUT2D eigenvalue weighted by atomic mass is 16.6. The molecule has 0 aromatic heterocycles. The number of carbonyl (C=O) groups excluding carboxylic acids is 1. The fourth-order valence-corrected chi connectivity index (χ4v) is 4.31. The highest BCUT2D eigenvalue weighted by molar-refractivity contribution is 5.96. The third kappa shape index (κ3) is 3.98. The van der Waals surface area contributed by atoms with E-state index in [2.05, 4.69) is 18.7 Å². The molecule has 2 fully saturated rings. The summed E-state index contributed by atoms with van der Waals surface area (Å²) in [6, 6.07) is 4.87. The molecule has 0 spiro atoms. The summed E-state index contributed by atoms with van der Waals surface area (Å²) in [6.07, 6.45) is 2.92. The zero-order chi connectivity index (χ0) is 18.8. The van der Waals surface area contributed by atoms with E-state index in [4.69, 9.17) is 5.73 Å². The maximum absolute atomic E-state index is 12.7. The van der Waals surface area contributed by atoms with Crippen molar-refractivity contribution >= 4 is 17.3 Å². The molecule has 2 aliphatic heterocycles. The molecule has 3 unspecified atom stereocenters. The Kier molecular flexibility index (Phi) is 5.46. The van der Waals surface area contributed by atoms with Gasteiger partial charge in [-0.15, -0.1) is 0 Å². The van der Waals surface area contributed by atoms with Crippen molar-refractivity contribution in [2.75, 3.05) is 31.1 Å². The molecule has 7 nitrogen and oxygen atoms in total. The second-order valence-electron chi connectivity index (χ2n) is 7.97. The van der Waals surface area contributed by atoms with Gasteiger partial charge in [0.2, 0.25) is 0 Å². The molecule has 0 saturated carbocycles. The van der Waals surface area contributed by atoms with Crippen LogP contribution in [0.4, 0.5) is 11.4 Å². The van der Waals surface area contributed by atoms with Gasteiger partial charge in [0, 0.05) is 43.9 Å². The first kappa shape index (κ1) is 18.6. The lowest BCUT2D eigenvalue weighted by Gasteiger charge is -2.36. The highest BCUT2D eigenvalue weighted by Gasteiger charge is 2.29. The van der Waals surface area contributed by atoms with Crippen molar-refractivity contribution in [3.8, 4) is 0 Å². The summed E-state index contributed by atoms with van der Waals surface area (Å²) in [5.41, 5.74) is 6.95. The maximum Gasteiger partial charge on any atom is 0.293 e. The molecule has 1 amide bonds. The molecule has 3 rings (SSSR count). The van der Waals surface area contributed by atoms with Crippen LogP contribution in [-0.4, -0.2) is 48.0 Å². The van der Waals surface area contributed by atoms with Gasteiger partial charge in [-0.3, -0.25) is 14.9 Å². The number of likely N-dealkylation sites (tertiary alicyclic amines) is 1. The average Bonchev–Trinajstić information content (AvgIpc) is 2.59. The largest absolute Gasteiger partial charge is 0.365 e. The van der Waals surface area contributed by atoms with Crippen LogP contribution in [-0.2, 0) is 0 Å². The monoisotopic (exact) mass is 360 g/mol. The van der Waals surface area contributed by atoms with E-state index in [0.29, 0.717) is 36.2 Å². The Balaban J connectivity index is 1.87. The van der Waals surface area contributed by atoms with Crippen LogP contribution in [0.1, 0.15) is 43.5 Å². The summed E-state index contributed by atoms with van der Waals surface area (Å²) in [5, 5.41) is 11.7. The second-order valence-corrected chi connectivity index (χ2v) is 7.97. The SMILES string of the molecule is CC1CC(C)CN(c2ccc(C(=O)N3CCCC(N)C3)cc2[N+](=O)[O-])C1. The number of amides is 1. The number of anilines is 1. The van der Waals surface area contributed by atoms with Crippen molar-refractivity contribution in [3.05, 3.63) is 33.9 Å². The van der Waals surface area contributed by atoms with Crippen LogP contribution in [0.25, 0.3) is 0 Å². The van der Waals surface area contributed by atoms with E-state index in [1.54, 1.807) is 17.0 Å².